The molecule has 184 valence electrons. The summed E-state index contributed by atoms with van der Waals surface area (Å²) in [5.74, 6) is -0.402. The van der Waals surface area contributed by atoms with Crippen molar-refractivity contribution in [1.29, 1.82) is 0 Å². The molecule has 0 atom stereocenters. The summed E-state index contributed by atoms with van der Waals surface area (Å²) in [5, 5.41) is 17.9. The van der Waals surface area contributed by atoms with Gasteiger partial charge in [0.2, 0.25) is 5.91 Å². The molecule has 2 amide bonds. The average Bonchev–Trinajstić information content (AvgIpc) is 3.24. The molecule has 3 N–H and O–H groups in total. The Morgan fingerprint density at radius 3 is 2.68 bits per heavy atom. The number of carbonyl (C=O) groups is 2. The molecule has 1 saturated heterocycles. The van der Waals surface area contributed by atoms with Gasteiger partial charge in [-0.15, -0.1) is 11.3 Å². The van der Waals surface area contributed by atoms with E-state index in [4.69, 9.17) is 0 Å². The summed E-state index contributed by atoms with van der Waals surface area (Å²) in [5.41, 5.74) is 0.799. The maximum absolute atomic E-state index is 12.3. The molecule has 2 aliphatic rings. The largest absolute Gasteiger partial charge is 0.384 e. The molecule has 8 nitrogen and oxygen atoms in total. The highest BCUT2D eigenvalue weighted by atomic mass is 32.1. The molecule has 1 aromatic heterocycles. The number of amides is 2. The Kier molecular flexibility index (Phi) is 7.67. The lowest BCUT2D eigenvalue weighted by Crippen LogP contribution is -2.63. The molecule has 0 bridgehead atoms. The Labute approximate surface area is 205 Å². The van der Waals surface area contributed by atoms with Crippen LogP contribution in [-0.2, 0) is 16.9 Å². The van der Waals surface area contributed by atoms with Crippen molar-refractivity contribution >= 4 is 23.2 Å². The summed E-state index contributed by atoms with van der Waals surface area (Å²) in [7, 11) is 4.04. The number of carbonyl (C=O) groups excluding carboxylic acids is 2. The number of rotatable bonds is 8. The third-order valence-electron chi connectivity index (χ3n) is 6.73. The quantitative estimate of drug-likeness (QED) is 0.528. The van der Waals surface area contributed by atoms with Crippen molar-refractivity contribution in [2.75, 3.05) is 33.7 Å². The van der Waals surface area contributed by atoms with E-state index in [1.165, 1.54) is 0 Å². The molecule has 2 fully saturated rings. The smallest absolute Gasteiger partial charge is 0.251 e. The molecule has 1 aromatic carbocycles. The van der Waals surface area contributed by atoms with Gasteiger partial charge in [-0.1, -0.05) is 17.7 Å². The fraction of sp³-hybridized carbons (Fsp3) is 0.560. The third-order valence-corrected chi connectivity index (χ3v) is 7.90. The van der Waals surface area contributed by atoms with Gasteiger partial charge in [0.05, 0.1) is 17.5 Å². The van der Waals surface area contributed by atoms with E-state index in [0.29, 0.717) is 11.6 Å². The molecular weight excluding hydrogens is 450 g/mol. The van der Waals surface area contributed by atoms with Gasteiger partial charge in [0.1, 0.15) is 10.6 Å². The first-order chi connectivity index (χ1) is 16.2. The fourth-order valence-electron chi connectivity index (χ4n) is 4.79. The molecule has 0 spiro atoms. The van der Waals surface area contributed by atoms with Crippen molar-refractivity contribution in [2.24, 2.45) is 0 Å². The van der Waals surface area contributed by atoms with Crippen LogP contribution in [0.15, 0.2) is 30.5 Å². The Balaban J connectivity index is 1.16. The molecule has 4 rings (SSSR count). The Bertz CT molecular complexity index is 1010. The molecule has 2 aromatic rings. The van der Waals surface area contributed by atoms with Gasteiger partial charge in [0.25, 0.3) is 5.91 Å². The van der Waals surface area contributed by atoms with Crippen molar-refractivity contribution < 1.29 is 14.7 Å². The summed E-state index contributed by atoms with van der Waals surface area (Å²) >= 11 is 1.62. The van der Waals surface area contributed by atoms with Crippen LogP contribution in [0.2, 0.25) is 0 Å². The van der Waals surface area contributed by atoms with Gasteiger partial charge in [0, 0.05) is 37.4 Å². The molecule has 9 heteroatoms. The predicted molar refractivity (Wildman–Crippen MR) is 133 cm³/mol. The maximum atomic E-state index is 12.3. The zero-order chi connectivity index (χ0) is 24.3. The van der Waals surface area contributed by atoms with Crippen molar-refractivity contribution in [1.82, 2.24) is 25.4 Å². The second-order valence-corrected chi connectivity index (χ2v) is 11.0. The number of benzene rings is 1. The van der Waals surface area contributed by atoms with Gasteiger partial charge >= 0.3 is 0 Å². The van der Waals surface area contributed by atoms with Gasteiger partial charge in [-0.25, -0.2) is 4.98 Å². The van der Waals surface area contributed by atoms with Gasteiger partial charge in [-0.05, 0) is 58.8 Å². The standard InChI is InChI=1S/C25H35N5O3S/c1-17-5-4-6-18(11-17)24(32)27-13-22(31)28-19-14-30(15-19)20-7-9-25(33,10-8-20)21-12-26-23(34-21)16-29(2)3/h4-6,11-12,19-20,33H,7-10,13-16H2,1-3H3,(H,27,32)(H,28,31). The summed E-state index contributed by atoms with van der Waals surface area (Å²) < 4.78 is 0. The van der Waals surface area contributed by atoms with Crippen molar-refractivity contribution in [2.45, 2.75) is 56.8 Å². The minimum atomic E-state index is -0.771. The number of thiazole rings is 1. The van der Waals surface area contributed by atoms with Crippen LogP contribution in [0.3, 0.4) is 0 Å². The van der Waals surface area contributed by atoms with E-state index < -0.39 is 5.60 Å². The van der Waals surface area contributed by atoms with E-state index in [9.17, 15) is 14.7 Å². The summed E-state index contributed by atoms with van der Waals surface area (Å²) in [6.07, 6.45) is 5.19. The zero-order valence-corrected chi connectivity index (χ0v) is 21.0. The SMILES string of the molecule is Cc1cccc(C(=O)NCC(=O)NC2CN(C3CCC(O)(c4cnc(CN(C)C)s4)CC3)C2)c1. The normalized spacial score (nSPS) is 23.5. The number of hydrogen-bond acceptors (Lipinski definition) is 7. The monoisotopic (exact) mass is 485 g/mol. The fourth-order valence-corrected chi connectivity index (χ4v) is 5.97. The minimum absolute atomic E-state index is 0.0234. The molecule has 34 heavy (non-hydrogen) atoms. The second-order valence-electron chi connectivity index (χ2n) is 9.89. The number of nitrogens with zero attached hydrogens (tertiary/aromatic N) is 3. The number of aliphatic hydroxyl groups is 1. The van der Waals surface area contributed by atoms with Gasteiger partial charge in [0.15, 0.2) is 0 Å². The first kappa shape index (κ1) is 24.8. The van der Waals surface area contributed by atoms with Crippen LogP contribution >= 0.6 is 11.3 Å². The number of likely N-dealkylation sites (tertiary alicyclic amines) is 1. The number of hydrogen-bond donors (Lipinski definition) is 3. The zero-order valence-electron chi connectivity index (χ0n) is 20.2. The minimum Gasteiger partial charge on any atom is -0.384 e. The molecule has 1 aliphatic carbocycles. The first-order valence-electron chi connectivity index (χ1n) is 11.9. The van der Waals surface area contributed by atoms with Crippen molar-refractivity contribution in [3.05, 3.63) is 51.5 Å². The van der Waals surface area contributed by atoms with Crippen LogP contribution in [0.4, 0.5) is 0 Å². The van der Waals surface area contributed by atoms with E-state index in [1.807, 2.05) is 39.3 Å². The third kappa shape index (κ3) is 6.02. The second kappa shape index (κ2) is 10.5. The lowest BCUT2D eigenvalue weighted by atomic mass is 9.80. The van der Waals surface area contributed by atoms with E-state index in [2.05, 4.69) is 25.4 Å². The highest BCUT2D eigenvalue weighted by Gasteiger charge is 2.41. The molecule has 1 aliphatic heterocycles. The Morgan fingerprint density at radius 1 is 1.26 bits per heavy atom. The molecular formula is C25H35N5O3S. The van der Waals surface area contributed by atoms with Crippen molar-refractivity contribution in [3.63, 3.8) is 0 Å². The van der Waals surface area contributed by atoms with Crippen LogP contribution in [0.1, 0.15) is 51.5 Å². The lowest BCUT2D eigenvalue weighted by Gasteiger charge is -2.48. The highest BCUT2D eigenvalue weighted by molar-refractivity contribution is 7.11. The Hall–Kier alpha value is -2.33. The van der Waals surface area contributed by atoms with Gasteiger partial charge in [-0.3, -0.25) is 14.5 Å². The summed E-state index contributed by atoms with van der Waals surface area (Å²) in [4.78, 5) is 34.4. The average molecular weight is 486 g/mol. The predicted octanol–water partition coefficient (Wildman–Crippen LogP) is 1.87. The number of aryl methyl sites for hydroxylation is 1. The van der Waals surface area contributed by atoms with Crippen LogP contribution in [0.5, 0.6) is 0 Å². The summed E-state index contributed by atoms with van der Waals surface area (Å²) in [6, 6.07) is 7.86. The van der Waals surface area contributed by atoms with Crippen LogP contribution < -0.4 is 10.6 Å². The van der Waals surface area contributed by atoms with E-state index in [0.717, 1.165) is 60.8 Å². The van der Waals surface area contributed by atoms with Crippen LogP contribution in [0.25, 0.3) is 0 Å². The van der Waals surface area contributed by atoms with E-state index in [-0.39, 0.29) is 24.4 Å². The number of aromatic nitrogens is 1. The van der Waals surface area contributed by atoms with Crippen LogP contribution in [-0.4, -0.2) is 77.5 Å². The topological polar surface area (TPSA) is 97.8 Å². The maximum Gasteiger partial charge on any atom is 0.251 e. The lowest BCUT2D eigenvalue weighted by molar-refractivity contribution is -0.122. The van der Waals surface area contributed by atoms with Gasteiger partial charge in [-0.2, -0.15) is 0 Å². The van der Waals surface area contributed by atoms with Crippen LogP contribution in [0, 0.1) is 6.92 Å². The van der Waals surface area contributed by atoms with E-state index >= 15 is 0 Å². The molecule has 0 unspecified atom stereocenters. The summed E-state index contributed by atoms with van der Waals surface area (Å²) in [6.45, 7) is 4.33. The highest BCUT2D eigenvalue weighted by Crippen LogP contribution is 2.41. The van der Waals surface area contributed by atoms with E-state index in [1.54, 1.807) is 23.5 Å². The first-order valence-corrected chi connectivity index (χ1v) is 12.7. The molecule has 2 heterocycles. The molecule has 0 radical (unpaired) electrons. The van der Waals surface area contributed by atoms with Gasteiger partial charge < -0.3 is 20.6 Å². The molecule has 1 saturated carbocycles. The Morgan fingerprint density at radius 2 is 2.00 bits per heavy atom. The number of nitrogens with one attached hydrogen (secondary N) is 2. The van der Waals surface area contributed by atoms with Crippen molar-refractivity contribution in [3.8, 4) is 0 Å².